The Morgan fingerprint density at radius 1 is 1.26 bits per heavy atom. The lowest BCUT2D eigenvalue weighted by atomic mass is 10.0. The van der Waals surface area contributed by atoms with Crippen LogP contribution in [-0.2, 0) is 0 Å². The highest BCUT2D eigenvalue weighted by molar-refractivity contribution is 5.47. The number of benzene rings is 1. The van der Waals surface area contributed by atoms with Crippen LogP contribution in [0, 0.1) is 5.82 Å². The molecule has 0 spiro atoms. The Balaban J connectivity index is 2.04. The van der Waals surface area contributed by atoms with Crippen molar-refractivity contribution in [3.63, 3.8) is 0 Å². The van der Waals surface area contributed by atoms with Gasteiger partial charge in [-0.05, 0) is 26.0 Å². The quantitative estimate of drug-likeness (QED) is 0.897. The second kappa shape index (κ2) is 5.88. The molecule has 1 aromatic rings. The molecule has 0 bridgehead atoms. The van der Waals surface area contributed by atoms with Gasteiger partial charge in [0.25, 0.3) is 0 Å². The zero-order valence-electron chi connectivity index (χ0n) is 12.1. The summed E-state index contributed by atoms with van der Waals surface area (Å²) in [5.74, 6) is -0.152. The Morgan fingerprint density at radius 2 is 1.89 bits per heavy atom. The van der Waals surface area contributed by atoms with Crippen LogP contribution in [0.15, 0.2) is 24.3 Å². The first-order valence-corrected chi connectivity index (χ1v) is 6.92. The van der Waals surface area contributed by atoms with Crippen LogP contribution >= 0.6 is 0 Å². The molecule has 0 radical (unpaired) electrons. The van der Waals surface area contributed by atoms with Crippen molar-refractivity contribution in [2.45, 2.75) is 19.4 Å². The third kappa shape index (κ3) is 3.45. The first kappa shape index (κ1) is 14.3. The van der Waals surface area contributed by atoms with Gasteiger partial charge in [-0.15, -0.1) is 0 Å². The van der Waals surface area contributed by atoms with Gasteiger partial charge in [0.1, 0.15) is 5.82 Å². The second-order valence-corrected chi connectivity index (χ2v) is 5.86. The van der Waals surface area contributed by atoms with E-state index in [2.05, 4.69) is 24.1 Å². The Morgan fingerprint density at radius 3 is 2.53 bits per heavy atom. The van der Waals surface area contributed by atoms with Crippen LogP contribution in [0.5, 0.6) is 0 Å². The highest BCUT2D eigenvalue weighted by Crippen LogP contribution is 2.22. The van der Waals surface area contributed by atoms with Crippen LogP contribution in [0.25, 0.3) is 0 Å². The summed E-state index contributed by atoms with van der Waals surface area (Å²) in [6.07, 6.45) is 0. The molecule has 4 heteroatoms. The van der Waals surface area contributed by atoms with Crippen molar-refractivity contribution in [1.29, 1.82) is 0 Å². The second-order valence-electron chi connectivity index (χ2n) is 5.86. The standard InChI is InChI=1S/C15H24FN3/c1-15(2,19-10-8-17-9-11-19)12-18(3)14-7-5-4-6-13(14)16/h4-7,17H,8-12H2,1-3H3. The van der Waals surface area contributed by atoms with Crippen LogP contribution in [-0.4, -0.2) is 50.2 Å². The summed E-state index contributed by atoms with van der Waals surface area (Å²) in [6, 6.07) is 6.97. The van der Waals surface area contributed by atoms with E-state index in [0.29, 0.717) is 5.69 Å². The summed E-state index contributed by atoms with van der Waals surface area (Å²) in [4.78, 5) is 4.48. The lowest BCUT2D eigenvalue weighted by molar-refractivity contribution is 0.109. The average molecular weight is 265 g/mol. The van der Waals surface area contributed by atoms with Crippen molar-refractivity contribution in [3.8, 4) is 0 Å². The third-order valence-corrected chi connectivity index (χ3v) is 3.86. The molecule has 1 heterocycles. The van der Waals surface area contributed by atoms with Crippen molar-refractivity contribution < 1.29 is 4.39 Å². The molecule has 0 amide bonds. The number of anilines is 1. The molecular formula is C15H24FN3. The number of rotatable bonds is 4. The summed E-state index contributed by atoms with van der Waals surface area (Å²) in [5, 5.41) is 3.37. The highest BCUT2D eigenvalue weighted by atomic mass is 19.1. The number of hydrogen-bond donors (Lipinski definition) is 1. The number of hydrogen-bond acceptors (Lipinski definition) is 3. The van der Waals surface area contributed by atoms with Crippen LogP contribution in [0.3, 0.4) is 0 Å². The van der Waals surface area contributed by atoms with E-state index in [1.165, 1.54) is 6.07 Å². The maximum Gasteiger partial charge on any atom is 0.146 e. The molecule has 2 rings (SSSR count). The number of piperazine rings is 1. The fourth-order valence-corrected chi connectivity index (χ4v) is 2.80. The van der Waals surface area contributed by atoms with Gasteiger partial charge in [-0.25, -0.2) is 4.39 Å². The van der Waals surface area contributed by atoms with Gasteiger partial charge in [0.05, 0.1) is 5.69 Å². The lowest BCUT2D eigenvalue weighted by Gasteiger charge is -2.43. The highest BCUT2D eigenvalue weighted by Gasteiger charge is 2.29. The fourth-order valence-electron chi connectivity index (χ4n) is 2.80. The molecule has 0 aliphatic carbocycles. The zero-order valence-corrected chi connectivity index (χ0v) is 12.1. The molecule has 1 fully saturated rings. The lowest BCUT2D eigenvalue weighted by Crippen LogP contribution is -2.57. The van der Waals surface area contributed by atoms with Gasteiger partial charge < -0.3 is 10.2 Å². The van der Waals surface area contributed by atoms with Crippen molar-refractivity contribution in [2.24, 2.45) is 0 Å². The molecule has 0 unspecified atom stereocenters. The molecule has 0 atom stereocenters. The van der Waals surface area contributed by atoms with Crippen molar-refractivity contribution >= 4 is 5.69 Å². The van der Waals surface area contributed by atoms with Gasteiger partial charge in [0, 0.05) is 45.3 Å². The average Bonchev–Trinajstić information content (AvgIpc) is 2.39. The first-order valence-electron chi connectivity index (χ1n) is 6.92. The van der Waals surface area contributed by atoms with E-state index in [1.807, 2.05) is 24.1 Å². The Hall–Kier alpha value is -1.13. The fraction of sp³-hybridized carbons (Fsp3) is 0.600. The minimum Gasteiger partial charge on any atom is -0.370 e. The normalized spacial score (nSPS) is 17.5. The molecule has 19 heavy (non-hydrogen) atoms. The van der Waals surface area contributed by atoms with Gasteiger partial charge in [0.2, 0.25) is 0 Å². The summed E-state index contributed by atoms with van der Waals surface area (Å²) in [5.41, 5.74) is 0.713. The molecule has 1 N–H and O–H groups in total. The topological polar surface area (TPSA) is 18.5 Å². The first-order chi connectivity index (χ1) is 9.00. The molecule has 0 saturated carbocycles. The van der Waals surface area contributed by atoms with Gasteiger partial charge in [-0.2, -0.15) is 0 Å². The van der Waals surface area contributed by atoms with E-state index in [4.69, 9.17) is 0 Å². The smallest absolute Gasteiger partial charge is 0.146 e. The SMILES string of the molecule is CN(CC(C)(C)N1CCNCC1)c1ccccc1F. The number of likely N-dealkylation sites (N-methyl/N-ethyl adjacent to an activating group) is 1. The monoisotopic (exact) mass is 265 g/mol. The van der Waals surface area contributed by atoms with E-state index in [9.17, 15) is 4.39 Å². The zero-order chi connectivity index (χ0) is 13.9. The molecule has 3 nitrogen and oxygen atoms in total. The van der Waals surface area contributed by atoms with Crippen molar-refractivity contribution in [3.05, 3.63) is 30.1 Å². The van der Waals surface area contributed by atoms with E-state index < -0.39 is 0 Å². The van der Waals surface area contributed by atoms with E-state index in [1.54, 1.807) is 6.07 Å². The molecule has 1 aliphatic rings. The largest absolute Gasteiger partial charge is 0.370 e. The van der Waals surface area contributed by atoms with E-state index in [-0.39, 0.29) is 11.4 Å². The predicted octanol–water partition coefficient (Wildman–Crippen LogP) is 1.95. The molecule has 106 valence electrons. The maximum atomic E-state index is 13.8. The van der Waals surface area contributed by atoms with Crippen LogP contribution in [0.1, 0.15) is 13.8 Å². The number of nitrogens with one attached hydrogen (secondary N) is 1. The van der Waals surface area contributed by atoms with Gasteiger partial charge >= 0.3 is 0 Å². The van der Waals surface area contributed by atoms with Gasteiger partial charge in [-0.1, -0.05) is 12.1 Å². The Labute approximate surface area is 115 Å². The molecule has 0 aromatic heterocycles. The third-order valence-electron chi connectivity index (χ3n) is 3.86. The van der Waals surface area contributed by atoms with Crippen molar-refractivity contribution in [1.82, 2.24) is 10.2 Å². The van der Waals surface area contributed by atoms with E-state index in [0.717, 1.165) is 32.7 Å². The molecule has 1 saturated heterocycles. The van der Waals surface area contributed by atoms with Gasteiger partial charge in [-0.3, -0.25) is 4.90 Å². The van der Waals surface area contributed by atoms with Gasteiger partial charge in [0.15, 0.2) is 0 Å². The summed E-state index contributed by atoms with van der Waals surface area (Å²) < 4.78 is 13.8. The van der Waals surface area contributed by atoms with Crippen molar-refractivity contribution in [2.75, 3.05) is 44.7 Å². The predicted molar refractivity (Wildman–Crippen MR) is 78.2 cm³/mol. The minimum absolute atomic E-state index is 0.0408. The Kier molecular flexibility index (Phi) is 4.42. The summed E-state index contributed by atoms with van der Waals surface area (Å²) in [7, 11) is 1.96. The van der Waals surface area contributed by atoms with Crippen LogP contribution in [0.2, 0.25) is 0 Å². The number of halogens is 1. The number of para-hydroxylation sites is 1. The molecule has 1 aromatic carbocycles. The van der Waals surface area contributed by atoms with Crippen LogP contribution < -0.4 is 10.2 Å². The number of nitrogens with zero attached hydrogens (tertiary/aromatic N) is 2. The maximum absolute atomic E-state index is 13.8. The summed E-state index contributed by atoms with van der Waals surface area (Å²) >= 11 is 0. The summed E-state index contributed by atoms with van der Waals surface area (Å²) in [6.45, 7) is 9.45. The van der Waals surface area contributed by atoms with E-state index >= 15 is 0 Å². The minimum atomic E-state index is -0.152. The Bertz CT molecular complexity index is 414. The van der Waals surface area contributed by atoms with Crippen LogP contribution in [0.4, 0.5) is 10.1 Å². The molecule has 1 aliphatic heterocycles. The molecular weight excluding hydrogens is 241 g/mol.